The number of benzene rings is 1. The molecule has 18 heavy (non-hydrogen) atoms. The van der Waals surface area contributed by atoms with Crippen LogP contribution in [0.25, 0.3) is 11.0 Å². The first kappa shape index (κ1) is 11.9. The van der Waals surface area contributed by atoms with Gasteiger partial charge in [0.05, 0.1) is 2.88 Å². The molecule has 5 heteroatoms. The summed E-state index contributed by atoms with van der Waals surface area (Å²) in [7, 11) is 0. The average molecular weight is 372 g/mol. The minimum atomic E-state index is -0.452. The van der Waals surface area contributed by atoms with Crippen LogP contribution in [0.2, 0.25) is 0 Å². The lowest BCUT2D eigenvalue weighted by molar-refractivity contribution is 0.101. The van der Waals surface area contributed by atoms with Gasteiger partial charge in [0.2, 0.25) is 5.78 Å². The maximum atomic E-state index is 13.5. The number of carbonyl (C=O) groups is 1. The Balaban J connectivity index is 2.10. The molecule has 3 rings (SSSR count). The van der Waals surface area contributed by atoms with Crippen molar-refractivity contribution in [3.05, 3.63) is 55.7 Å². The smallest absolute Gasteiger partial charge is 0.229 e. The SMILES string of the molecule is O=C(c1csc(I)c1)c1cc2cccc(F)c2o1. The predicted molar refractivity (Wildman–Crippen MR) is 76.6 cm³/mol. The van der Waals surface area contributed by atoms with E-state index < -0.39 is 5.82 Å². The number of fused-ring (bicyclic) bond motifs is 1. The van der Waals surface area contributed by atoms with Crippen LogP contribution in [-0.2, 0) is 0 Å². The summed E-state index contributed by atoms with van der Waals surface area (Å²) in [6.45, 7) is 0. The van der Waals surface area contributed by atoms with Crippen molar-refractivity contribution >= 4 is 50.7 Å². The molecule has 0 atom stereocenters. The lowest BCUT2D eigenvalue weighted by Crippen LogP contribution is -1.96. The molecule has 0 N–H and O–H groups in total. The van der Waals surface area contributed by atoms with E-state index in [2.05, 4.69) is 22.6 Å². The Bertz CT molecular complexity index is 744. The van der Waals surface area contributed by atoms with Crippen molar-refractivity contribution < 1.29 is 13.6 Å². The maximum absolute atomic E-state index is 13.5. The summed E-state index contributed by atoms with van der Waals surface area (Å²) in [6.07, 6.45) is 0. The summed E-state index contributed by atoms with van der Waals surface area (Å²) in [4.78, 5) is 12.1. The fraction of sp³-hybridized carbons (Fsp3) is 0. The summed E-state index contributed by atoms with van der Waals surface area (Å²) in [5.74, 6) is -0.500. The normalized spacial score (nSPS) is 11.0. The highest BCUT2D eigenvalue weighted by Crippen LogP contribution is 2.25. The molecule has 0 aliphatic carbocycles. The molecule has 2 heterocycles. The van der Waals surface area contributed by atoms with Gasteiger partial charge in [-0.15, -0.1) is 11.3 Å². The van der Waals surface area contributed by atoms with Crippen molar-refractivity contribution in [2.24, 2.45) is 0 Å². The molecular formula is C13H6FIO2S. The lowest BCUT2D eigenvalue weighted by atomic mass is 10.1. The topological polar surface area (TPSA) is 30.2 Å². The number of furan rings is 1. The number of halogens is 2. The quantitative estimate of drug-likeness (QED) is 0.491. The van der Waals surface area contributed by atoms with E-state index in [0.29, 0.717) is 10.9 Å². The van der Waals surface area contributed by atoms with Crippen LogP contribution in [0.15, 0.2) is 40.1 Å². The van der Waals surface area contributed by atoms with Crippen LogP contribution in [0.5, 0.6) is 0 Å². The van der Waals surface area contributed by atoms with Crippen LogP contribution in [0.1, 0.15) is 16.1 Å². The van der Waals surface area contributed by atoms with Gasteiger partial charge in [0.15, 0.2) is 17.2 Å². The van der Waals surface area contributed by atoms with Crippen molar-refractivity contribution in [1.29, 1.82) is 0 Å². The summed E-state index contributed by atoms with van der Waals surface area (Å²) >= 11 is 3.64. The third kappa shape index (κ3) is 1.97. The van der Waals surface area contributed by atoms with Crippen molar-refractivity contribution in [2.45, 2.75) is 0 Å². The van der Waals surface area contributed by atoms with Gasteiger partial charge in [-0.2, -0.15) is 0 Å². The van der Waals surface area contributed by atoms with E-state index in [0.717, 1.165) is 2.88 Å². The molecule has 0 amide bonds. The summed E-state index contributed by atoms with van der Waals surface area (Å²) in [6, 6.07) is 7.99. The zero-order valence-electron chi connectivity index (χ0n) is 8.94. The molecule has 0 saturated carbocycles. The van der Waals surface area contributed by atoms with Crippen LogP contribution >= 0.6 is 33.9 Å². The highest BCUT2D eigenvalue weighted by molar-refractivity contribution is 14.1. The standard InChI is InChI=1S/C13H6FIO2S/c14-9-3-1-2-7-4-10(17-13(7)9)12(16)8-5-11(15)18-6-8/h1-6H. The number of hydrogen-bond acceptors (Lipinski definition) is 3. The summed E-state index contributed by atoms with van der Waals surface area (Å²) in [5.41, 5.74) is 0.703. The lowest BCUT2D eigenvalue weighted by Gasteiger charge is -1.91. The molecule has 0 aliphatic rings. The first-order valence-electron chi connectivity index (χ1n) is 5.12. The number of ketones is 1. The molecule has 0 radical (unpaired) electrons. The van der Waals surface area contributed by atoms with Crippen LogP contribution < -0.4 is 0 Å². The third-order valence-corrected chi connectivity index (χ3v) is 4.34. The van der Waals surface area contributed by atoms with Crippen LogP contribution in [0.3, 0.4) is 0 Å². The number of thiophene rings is 1. The van der Waals surface area contributed by atoms with Gasteiger partial charge in [0.25, 0.3) is 0 Å². The Morgan fingerprint density at radius 3 is 2.83 bits per heavy atom. The van der Waals surface area contributed by atoms with Crippen LogP contribution in [-0.4, -0.2) is 5.78 Å². The van der Waals surface area contributed by atoms with E-state index in [4.69, 9.17) is 4.42 Å². The minimum Gasteiger partial charge on any atom is -0.449 e. The molecule has 0 bridgehead atoms. The predicted octanol–water partition coefficient (Wildman–Crippen LogP) is 4.47. The van der Waals surface area contributed by atoms with E-state index in [1.165, 1.54) is 17.4 Å². The highest BCUT2D eigenvalue weighted by atomic mass is 127. The van der Waals surface area contributed by atoms with E-state index in [1.807, 2.05) is 0 Å². The highest BCUT2D eigenvalue weighted by Gasteiger charge is 2.17. The summed E-state index contributed by atoms with van der Waals surface area (Å²) in [5, 5.41) is 2.37. The minimum absolute atomic E-state index is 0.130. The van der Waals surface area contributed by atoms with Gasteiger partial charge < -0.3 is 4.42 Å². The Morgan fingerprint density at radius 2 is 2.17 bits per heavy atom. The van der Waals surface area contributed by atoms with Crippen molar-refractivity contribution in [3.8, 4) is 0 Å². The molecule has 3 aromatic rings. The second-order valence-electron chi connectivity index (χ2n) is 3.74. The van der Waals surface area contributed by atoms with Gasteiger partial charge in [0, 0.05) is 16.3 Å². The molecule has 0 spiro atoms. The van der Waals surface area contributed by atoms with Gasteiger partial charge in [-0.25, -0.2) is 4.39 Å². The molecule has 0 aliphatic heterocycles. The van der Waals surface area contributed by atoms with Crippen molar-refractivity contribution in [2.75, 3.05) is 0 Å². The average Bonchev–Trinajstić information content (AvgIpc) is 2.95. The molecule has 0 unspecified atom stereocenters. The number of hydrogen-bond donors (Lipinski definition) is 0. The van der Waals surface area contributed by atoms with E-state index >= 15 is 0 Å². The van der Waals surface area contributed by atoms with Gasteiger partial charge in [-0.05, 0) is 40.8 Å². The van der Waals surface area contributed by atoms with Crippen molar-refractivity contribution in [1.82, 2.24) is 0 Å². The fourth-order valence-corrected chi connectivity index (χ4v) is 3.04. The Hall–Kier alpha value is -1.21. The van der Waals surface area contributed by atoms with E-state index in [1.54, 1.807) is 29.6 Å². The van der Waals surface area contributed by atoms with E-state index in [9.17, 15) is 9.18 Å². The molecule has 1 aromatic carbocycles. The van der Waals surface area contributed by atoms with Gasteiger partial charge in [-0.3, -0.25) is 4.79 Å². The first-order chi connectivity index (χ1) is 8.65. The largest absolute Gasteiger partial charge is 0.449 e. The first-order valence-corrected chi connectivity index (χ1v) is 7.08. The zero-order chi connectivity index (χ0) is 12.7. The zero-order valence-corrected chi connectivity index (χ0v) is 11.9. The molecule has 2 nitrogen and oxygen atoms in total. The van der Waals surface area contributed by atoms with Crippen LogP contribution in [0, 0.1) is 8.70 Å². The van der Waals surface area contributed by atoms with Crippen LogP contribution in [0.4, 0.5) is 4.39 Å². The Labute approximate surface area is 120 Å². The number of carbonyl (C=O) groups excluding carboxylic acids is 1. The second kappa shape index (κ2) is 4.47. The summed E-state index contributed by atoms with van der Waals surface area (Å²) < 4.78 is 19.8. The number of para-hydroxylation sites is 1. The van der Waals surface area contributed by atoms with Gasteiger partial charge in [0.1, 0.15) is 0 Å². The monoisotopic (exact) mass is 372 g/mol. The maximum Gasteiger partial charge on any atom is 0.229 e. The number of rotatable bonds is 2. The third-order valence-electron chi connectivity index (χ3n) is 2.55. The fourth-order valence-electron chi connectivity index (χ4n) is 1.71. The molecular weight excluding hydrogens is 366 g/mol. The molecule has 2 aromatic heterocycles. The Kier molecular flexibility index (Phi) is 2.95. The van der Waals surface area contributed by atoms with Gasteiger partial charge in [-0.1, -0.05) is 12.1 Å². The van der Waals surface area contributed by atoms with Crippen molar-refractivity contribution in [3.63, 3.8) is 0 Å². The molecule has 0 fully saturated rings. The Morgan fingerprint density at radius 1 is 1.33 bits per heavy atom. The molecule has 0 saturated heterocycles. The van der Waals surface area contributed by atoms with Gasteiger partial charge >= 0.3 is 0 Å². The van der Waals surface area contributed by atoms with E-state index in [-0.39, 0.29) is 17.1 Å². The second-order valence-corrected chi connectivity index (χ2v) is 6.54. The molecule has 90 valence electrons.